The molecular weight excluding hydrogens is 395 g/mol. The average molecular weight is 418 g/mol. The topological polar surface area (TPSA) is 65.5 Å². The van der Waals surface area contributed by atoms with Crippen LogP contribution in [0.25, 0.3) is 0 Å². The van der Waals surface area contributed by atoms with Crippen molar-refractivity contribution in [3.05, 3.63) is 96.1 Å². The Labute approximate surface area is 180 Å². The summed E-state index contributed by atoms with van der Waals surface area (Å²) in [5.41, 5.74) is 2.02. The first kappa shape index (κ1) is 20.7. The number of rotatable bonds is 5. The Balaban J connectivity index is 1.48. The van der Waals surface area contributed by atoms with E-state index in [4.69, 9.17) is 0 Å². The molecule has 1 aromatic heterocycles. The summed E-state index contributed by atoms with van der Waals surface area (Å²) in [6.45, 7) is 2.17. The van der Waals surface area contributed by atoms with Gasteiger partial charge in [-0.05, 0) is 42.0 Å². The number of benzene rings is 2. The van der Waals surface area contributed by atoms with Crippen molar-refractivity contribution in [2.24, 2.45) is 0 Å². The van der Waals surface area contributed by atoms with E-state index in [9.17, 15) is 14.0 Å². The monoisotopic (exact) mass is 418 g/mol. The molecule has 0 spiro atoms. The Bertz CT molecular complexity index is 1020. The molecule has 6 nitrogen and oxygen atoms in total. The third-order valence-corrected chi connectivity index (χ3v) is 5.37. The second kappa shape index (κ2) is 9.49. The second-order valence-electron chi connectivity index (χ2n) is 7.37. The Hall–Kier alpha value is -3.58. The highest BCUT2D eigenvalue weighted by Gasteiger charge is 2.32. The van der Waals surface area contributed by atoms with Crippen LogP contribution in [0.3, 0.4) is 0 Å². The molecule has 2 amide bonds. The Morgan fingerprint density at radius 3 is 2.16 bits per heavy atom. The largest absolute Gasteiger partial charge is 0.336 e. The molecule has 1 atom stereocenters. The molecule has 0 bridgehead atoms. The first-order valence-corrected chi connectivity index (χ1v) is 10.2. The van der Waals surface area contributed by atoms with Gasteiger partial charge in [-0.1, -0.05) is 30.3 Å². The van der Waals surface area contributed by atoms with Crippen LogP contribution in [0.5, 0.6) is 0 Å². The van der Waals surface area contributed by atoms with Gasteiger partial charge in [0.15, 0.2) is 0 Å². The summed E-state index contributed by atoms with van der Waals surface area (Å²) < 4.78 is 13.2. The minimum atomic E-state index is -0.510. The van der Waals surface area contributed by atoms with Gasteiger partial charge in [0.2, 0.25) is 5.91 Å². The summed E-state index contributed by atoms with van der Waals surface area (Å²) in [5.74, 6) is -0.576. The van der Waals surface area contributed by atoms with E-state index in [1.807, 2.05) is 30.3 Å². The molecular formula is C24H23FN4O2. The number of hydrogen-bond donors (Lipinski definition) is 1. The lowest BCUT2D eigenvalue weighted by Crippen LogP contribution is -2.51. The maximum atomic E-state index is 13.2. The summed E-state index contributed by atoms with van der Waals surface area (Å²) in [5, 5.41) is 2.89. The fourth-order valence-corrected chi connectivity index (χ4v) is 3.77. The lowest BCUT2D eigenvalue weighted by atomic mass is 10.0. The van der Waals surface area contributed by atoms with Crippen LogP contribution in [0.2, 0.25) is 0 Å². The Morgan fingerprint density at radius 1 is 0.871 bits per heavy atom. The van der Waals surface area contributed by atoms with Crippen molar-refractivity contribution < 1.29 is 14.0 Å². The third kappa shape index (κ3) is 4.95. The average Bonchev–Trinajstić information content (AvgIpc) is 2.82. The van der Waals surface area contributed by atoms with Crippen LogP contribution < -0.4 is 5.32 Å². The molecule has 1 aliphatic rings. The summed E-state index contributed by atoms with van der Waals surface area (Å²) >= 11 is 0. The van der Waals surface area contributed by atoms with E-state index in [0.717, 1.165) is 5.56 Å². The van der Waals surface area contributed by atoms with Crippen molar-refractivity contribution >= 4 is 17.5 Å². The Morgan fingerprint density at radius 2 is 1.52 bits per heavy atom. The fraction of sp³-hybridized carbons (Fsp3) is 0.208. The molecule has 1 N–H and O–H groups in total. The molecule has 0 aliphatic carbocycles. The van der Waals surface area contributed by atoms with Gasteiger partial charge in [-0.3, -0.25) is 19.5 Å². The van der Waals surface area contributed by atoms with E-state index in [1.165, 1.54) is 12.1 Å². The number of carbonyl (C=O) groups excluding carboxylic acids is 2. The maximum absolute atomic E-state index is 13.2. The highest BCUT2D eigenvalue weighted by atomic mass is 19.1. The SMILES string of the molecule is O=C(Nc1ccc(F)cc1)C(c1ccccc1)N1CCN(C(=O)c2ccncc2)CC1. The van der Waals surface area contributed by atoms with E-state index >= 15 is 0 Å². The summed E-state index contributed by atoms with van der Waals surface area (Å²) in [6.07, 6.45) is 3.21. The number of halogens is 1. The smallest absolute Gasteiger partial charge is 0.254 e. The number of aromatic nitrogens is 1. The van der Waals surface area contributed by atoms with Gasteiger partial charge >= 0.3 is 0 Å². The van der Waals surface area contributed by atoms with E-state index in [0.29, 0.717) is 37.4 Å². The molecule has 2 heterocycles. The molecule has 1 unspecified atom stereocenters. The van der Waals surface area contributed by atoms with Crippen LogP contribution in [0.1, 0.15) is 22.0 Å². The highest BCUT2D eigenvalue weighted by Crippen LogP contribution is 2.25. The minimum Gasteiger partial charge on any atom is -0.336 e. The number of amides is 2. The van der Waals surface area contributed by atoms with Gasteiger partial charge in [-0.2, -0.15) is 0 Å². The Kier molecular flexibility index (Phi) is 6.33. The van der Waals surface area contributed by atoms with Crippen molar-refractivity contribution in [3.8, 4) is 0 Å². The summed E-state index contributed by atoms with van der Waals surface area (Å²) in [6, 6.07) is 18.2. The minimum absolute atomic E-state index is 0.0333. The van der Waals surface area contributed by atoms with Gasteiger partial charge < -0.3 is 10.2 Å². The standard InChI is InChI=1S/C24H23FN4O2/c25-20-6-8-21(9-7-20)27-23(30)22(18-4-2-1-3-5-18)28-14-16-29(17-15-28)24(31)19-10-12-26-13-11-19/h1-13,22H,14-17H2,(H,27,30). The highest BCUT2D eigenvalue weighted by molar-refractivity contribution is 5.96. The number of nitrogens with zero attached hydrogens (tertiary/aromatic N) is 3. The van der Waals surface area contributed by atoms with Crippen LogP contribution in [0, 0.1) is 5.82 Å². The van der Waals surface area contributed by atoms with Crippen LogP contribution >= 0.6 is 0 Å². The predicted octanol–water partition coefficient (Wildman–Crippen LogP) is 3.36. The van der Waals surface area contributed by atoms with E-state index in [-0.39, 0.29) is 17.6 Å². The lowest BCUT2D eigenvalue weighted by Gasteiger charge is -2.38. The van der Waals surface area contributed by atoms with E-state index < -0.39 is 6.04 Å². The summed E-state index contributed by atoms with van der Waals surface area (Å²) in [4.78, 5) is 33.7. The number of pyridine rings is 1. The fourth-order valence-electron chi connectivity index (χ4n) is 3.77. The first-order valence-electron chi connectivity index (χ1n) is 10.2. The van der Waals surface area contributed by atoms with Gasteiger partial charge in [0.1, 0.15) is 11.9 Å². The van der Waals surface area contributed by atoms with Gasteiger partial charge in [0, 0.05) is 49.8 Å². The van der Waals surface area contributed by atoms with Gasteiger partial charge in [0.25, 0.3) is 5.91 Å². The normalized spacial score (nSPS) is 15.3. The zero-order valence-electron chi connectivity index (χ0n) is 16.9. The van der Waals surface area contributed by atoms with Gasteiger partial charge in [0.05, 0.1) is 0 Å². The lowest BCUT2D eigenvalue weighted by molar-refractivity contribution is -0.122. The zero-order chi connectivity index (χ0) is 21.6. The van der Waals surface area contributed by atoms with Crippen molar-refractivity contribution in [2.75, 3.05) is 31.5 Å². The molecule has 0 radical (unpaired) electrons. The molecule has 2 aromatic carbocycles. The molecule has 31 heavy (non-hydrogen) atoms. The van der Waals surface area contributed by atoms with Crippen molar-refractivity contribution in [3.63, 3.8) is 0 Å². The quantitative estimate of drug-likeness (QED) is 0.690. The molecule has 0 saturated carbocycles. The van der Waals surface area contributed by atoms with Crippen LogP contribution in [-0.4, -0.2) is 52.8 Å². The first-order chi connectivity index (χ1) is 15.1. The third-order valence-electron chi connectivity index (χ3n) is 5.37. The molecule has 7 heteroatoms. The molecule has 3 aromatic rings. The summed E-state index contributed by atoms with van der Waals surface area (Å²) in [7, 11) is 0. The van der Waals surface area contributed by atoms with Gasteiger partial charge in [-0.15, -0.1) is 0 Å². The predicted molar refractivity (Wildman–Crippen MR) is 116 cm³/mol. The number of carbonyl (C=O) groups is 2. The number of piperazine rings is 1. The van der Waals surface area contributed by atoms with Crippen LogP contribution in [0.4, 0.5) is 10.1 Å². The van der Waals surface area contributed by atoms with Crippen molar-refractivity contribution in [1.82, 2.24) is 14.8 Å². The second-order valence-corrected chi connectivity index (χ2v) is 7.37. The number of anilines is 1. The van der Waals surface area contributed by atoms with Crippen LogP contribution in [-0.2, 0) is 4.79 Å². The molecule has 1 saturated heterocycles. The maximum Gasteiger partial charge on any atom is 0.254 e. The number of nitrogens with one attached hydrogen (secondary N) is 1. The zero-order valence-corrected chi connectivity index (χ0v) is 16.9. The van der Waals surface area contributed by atoms with Crippen molar-refractivity contribution in [1.29, 1.82) is 0 Å². The molecule has 1 fully saturated rings. The van der Waals surface area contributed by atoms with Crippen LogP contribution in [0.15, 0.2) is 79.1 Å². The molecule has 4 rings (SSSR count). The van der Waals surface area contributed by atoms with Crippen molar-refractivity contribution in [2.45, 2.75) is 6.04 Å². The number of hydrogen-bond acceptors (Lipinski definition) is 4. The van der Waals surface area contributed by atoms with Gasteiger partial charge in [-0.25, -0.2) is 4.39 Å². The molecule has 1 aliphatic heterocycles. The van der Waals surface area contributed by atoms with E-state index in [1.54, 1.807) is 41.6 Å². The molecule has 158 valence electrons. The van der Waals surface area contributed by atoms with E-state index in [2.05, 4.69) is 15.2 Å².